The van der Waals surface area contributed by atoms with Crippen molar-refractivity contribution in [1.82, 2.24) is 4.90 Å². The fraction of sp³-hybridized carbons (Fsp3) is 0.417. The molecule has 0 atom stereocenters. The van der Waals surface area contributed by atoms with Crippen molar-refractivity contribution in [2.75, 3.05) is 26.1 Å². The predicted octanol–water partition coefficient (Wildman–Crippen LogP) is 1.29. The molecule has 0 heterocycles. The summed E-state index contributed by atoms with van der Waals surface area (Å²) >= 11 is 1.57. The molecule has 18 heavy (non-hydrogen) atoms. The molecule has 5 nitrogen and oxygen atoms in total. The molecule has 1 rings (SSSR count). The number of hydrogen-bond acceptors (Lipinski definition) is 5. The van der Waals surface area contributed by atoms with Crippen LogP contribution in [0.4, 0.5) is 4.79 Å². The van der Waals surface area contributed by atoms with Crippen molar-refractivity contribution in [3.63, 3.8) is 0 Å². The minimum Gasteiger partial charge on any atom is -0.453 e. The normalized spacial score (nSPS) is 10.2. The highest BCUT2D eigenvalue weighted by molar-refractivity contribution is 7.99. The molecular weight excluding hydrogens is 254 g/mol. The zero-order valence-electron chi connectivity index (χ0n) is 10.2. The Morgan fingerprint density at radius 1 is 1.33 bits per heavy atom. The molecular formula is C12H17NO4S. The molecule has 0 bridgehead atoms. The lowest BCUT2D eigenvalue weighted by Crippen LogP contribution is -2.33. The number of rotatable bonds is 6. The van der Waals surface area contributed by atoms with Gasteiger partial charge < -0.3 is 14.9 Å². The van der Waals surface area contributed by atoms with E-state index in [-0.39, 0.29) is 13.3 Å². The summed E-state index contributed by atoms with van der Waals surface area (Å²) in [6.07, 6.45) is -0.534. The van der Waals surface area contributed by atoms with Crippen LogP contribution in [0.5, 0.6) is 0 Å². The molecule has 0 unspecified atom stereocenters. The van der Waals surface area contributed by atoms with Gasteiger partial charge in [-0.3, -0.25) is 4.90 Å². The molecule has 6 heteroatoms. The standard InChI is InChI=1S/C12H17NO4S/c1-17-12(16)13(9-15)6-7-18-11-4-2-10(8-14)3-5-11/h2-5,14-15H,6-9H2,1H3. The summed E-state index contributed by atoms with van der Waals surface area (Å²) in [4.78, 5) is 13.4. The maximum absolute atomic E-state index is 11.2. The molecule has 1 amide bonds. The van der Waals surface area contributed by atoms with Crippen LogP contribution in [-0.2, 0) is 11.3 Å². The number of amides is 1. The Bertz CT molecular complexity index is 369. The highest BCUT2D eigenvalue weighted by Crippen LogP contribution is 2.18. The second-order valence-corrected chi connectivity index (χ2v) is 4.69. The zero-order valence-corrected chi connectivity index (χ0v) is 11.0. The molecule has 0 saturated heterocycles. The number of ether oxygens (including phenoxy) is 1. The van der Waals surface area contributed by atoms with Gasteiger partial charge in [0.1, 0.15) is 6.73 Å². The molecule has 0 aromatic heterocycles. The van der Waals surface area contributed by atoms with Gasteiger partial charge in [0, 0.05) is 17.2 Å². The van der Waals surface area contributed by atoms with Gasteiger partial charge in [0.2, 0.25) is 0 Å². The molecule has 100 valence electrons. The molecule has 0 radical (unpaired) electrons. The molecule has 0 saturated carbocycles. The second-order valence-electron chi connectivity index (χ2n) is 3.53. The van der Waals surface area contributed by atoms with E-state index in [1.165, 1.54) is 12.0 Å². The zero-order chi connectivity index (χ0) is 13.4. The van der Waals surface area contributed by atoms with Crippen LogP contribution >= 0.6 is 11.8 Å². The summed E-state index contributed by atoms with van der Waals surface area (Å²) in [6.45, 7) is 0.0951. The van der Waals surface area contributed by atoms with E-state index >= 15 is 0 Å². The van der Waals surface area contributed by atoms with Crippen LogP contribution in [-0.4, -0.2) is 47.3 Å². The van der Waals surface area contributed by atoms with E-state index in [1.807, 2.05) is 24.3 Å². The smallest absolute Gasteiger partial charge is 0.411 e. The fourth-order valence-corrected chi connectivity index (χ4v) is 2.19. The highest BCUT2D eigenvalue weighted by atomic mass is 32.2. The molecule has 0 aliphatic carbocycles. The van der Waals surface area contributed by atoms with Gasteiger partial charge in [0.25, 0.3) is 0 Å². The van der Waals surface area contributed by atoms with E-state index in [4.69, 9.17) is 10.2 Å². The quantitative estimate of drug-likeness (QED) is 0.602. The summed E-state index contributed by atoms with van der Waals surface area (Å²) in [5, 5.41) is 17.9. The Morgan fingerprint density at radius 3 is 2.50 bits per heavy atom. The Kier molecular flexibility index (Phi) is 6.56. The number of benzene rings is 1. The summed E-state index contributed by atoms with van der Waals surface area (Å²) in [6, 6.07) is 7.54. The molecule has 0 aliphatic heterocycles. The van der Waals surface area contributed by atoms with Crippen LogP contribution in [0.1, 0.15) is 5.56 Å². The maximum atomic E-state index is 11.2. The first kappa shape index (κ1) is 14.8. The molecule has 0 fully saturated rings. The maximum Gasteiger partial charge on any atom is 0.411 e. The average molecular weight is 271 g/mol. The second kappa shape index (κ2) is 7.97. The molecule has 0 aliphatic rings. The number of aliphatic hydroxyl groups is 2. The van der Waals surface area contributed by atoms with Crippen molar-refractivity contribution in [3.8, 4) is 0 Å². The first-order valence-corrected chi connectivity index (χ1v) is 6.46. The third-order valence-corrected chi connectivity index (χ3v) is 3.33. The predicted molar refractivity (Wildman–Crippen MR) is 69.3 cm³/mol. The van der Waals surface area contributed by atoms with Gasteiger partial charge in [0.05, 0.1) is 13.7 Å². The van der Waals surface area contributed by atoms with Crippen LogP contribution in [0.15, 0.2) is 29.2 Å². The van der Waals surface area contributed by atoms with E-state index < -0.39 is 6.09 Å². The Hall–Kier alpha value is -1.24. The minimum absolute atomic E-state index is 0.0333. The van der Waals surface area contributed by atoms with E-state index in [9.17, 15) is 4.79 Å². The van der Waals surface area contributed by atoms with Crippen molar-refractivity contribution in [2.24, 2.45) is 0 Å². The number of carbonyl (C=O) groups is 1. The molecule has 1 aromatic carbocycles. The first-order valence-electron chi connectivity index (χ1n) is 5.47. The van der Waals surface area contributed by atoms with E-state index in [0.717, 1.165) is 10.5 Å². The van der Waals surface area contributed by atoms with Gasteiger partial charge in [-0.1, -0.05) is 12.1 Å². The molecule has 2 N–H and O–H groups in total. The van der Waals surface area contributed by atoms with Crippen molar-refractivity contribution < 1.29 is 19.7 Å². The van der Waals surface area contributed by atoms with Crippen LogP contribution < -0.4 is 0 Å². The first-order chi connectivity index (χ1) is 8.71. The van der Waals surface area contributed by atoms with Gasteiger partial charge in [0.15, 0.2) is 0 Å². The van der Waals surface area contributed by atoms with E-state index in [0.29, 0.717) is 12.3 Å². The lowest BCUT2D eigenvalue weighted by molar-refractivity contribution is 0.0791. The Labute approximate surface area is 110 Å². The summed E-state index contributed by atoms with van der Waals surface area (Å²) in [5.74, 6) is 0.661. The van der Waals surface area contributed by atoms with Gasteiger partial charge in [-0.25, -0.2) is 4.79 Å². The van der Waals surface area contributed by atoms with E-state index in [1.54, 1.807) is 11.8 Å². The minimum atomic E-state index is -0.534. The largest absolute Gasteiger partial charge is 0.453 e. The van der Waals surface area contributed by atoms with Gasteiger partial charge in [-0.05, 0) is 17.7 Å². The molecule has 0 spiro atoms. The third-order valence-electron chi connectivity index (χ3n) is 2.34. The Balaban J connectivity index is 2.37. The number of methoxy groups -OCH3 is 1. The summed E-state index contributed by atoms with van der Waals surface area (Å²) in [7, 11) is 1.28. The van der Waals surface area contributed by atoms with Gasteiger partial charge in [-0.15, -0.1) is 11.8 Å². The third kappa shape index (κ3) is 4.56. The number of nitrogens with zero attached hydrogens (tertiary/aromatic N) is 1. The van der Waals surface area contributed by atoms with Crippen molar-refractivity contribution in [2.45, 2.75) is 11.5 Å². The monoisotopic (exact) mass is 271 g/mol. The highest BCUT2D eigenvalue weighted by Gasteiger charge is 2.11. The molecule has 1 aromatic rings. The SMILES string of the molecule is COC(=O)N(CO)CCSc1ccc(CO)cc1. The fourth-order valence-electron chi connectivity index (χ4n) is 1.31. The van der Waals surface area contributed by atoms with Gasteiger partial charge >= 0.3 is 6.09 Å². The lowest BCUT2D eigenvalue weighted by Gasteiger charge is -2.17. The average Bonchev–Trinajstić information content (AvgIpc) is 2.43. The van der Waals surface area contributed by atoms with Crippen LogP contribution in [0.25, 0.3) is 0 Å². The van der Waals surface area contributed by atoms with Crippen LogP contribution in [0.2, 0.25) is 0 Å². The Morgan fingerprint density at radius 2 is 2.00 bits per heavy atom. The topological polar surface area (TPSA) is 70.0 Å². The number of hydrogen-bond donors (Lipinski definition) is 2. The number of thioether (sulfide) groups is 1. The van der Waals surface area contributed by atoms with Crippen molar-refractivity contribution >= 4 is 17.9 Å². The summed E-state index contributed by atoms with van der Waals surface area (Å²) < 4.78 is 4.53. The van der Waals surface area contributed by atoms with E-state index in [2.05, 4.69) is 4.74 Å². The van der Waals surface area contributed by atoms with Crippen molar-refractivity contribution in [3.05, 3.63) is 29.8 Å². The van der Waals surface area contributed by atoms with Crippen LogP contribution in [0, 0.1) is 0 Å². The van der Waals surface area contributed by atoms with Crippen LogP contribution in [0.3, 0.4) is 0 Å². The van der Waals surface area contributed by atoms with Gasteiger partial charge in [-0.2, -0.15) is 0 Å². The number of carbonyl (C=O) groups excluding carboxylic acids is 1. The lowest BCUT2D eigenvalue weighted by atomic mass is 10.2. The number of aliphatic hydroxyl groups excluding tert-OH is 2. The summed E-state index contributed by atoms with van der Waals surface area (Å²) in [5.41, 5.74) is 0.867. The van der Waals surface area contributed by atoms with Crippen molar-refractivity contribution in [1.29, 1.82) is 0 Å².